The summed E-state index contributed by atoms with van der Waals surface area (Å²) in [6.45, 7) is 8.82. The van der Waals surface area contributed by atoms with E-state index in [1.54, 1.807) is 0 Å². The van der Waals surface area contributed by atoms with Crippen molar-refractivity contribution in [2.45, 2.75) is 65.5 Å². The van der Waals surface area contributed by atoms with Gasteiger partial charge >= 0.3 is 0 Å². The first kappa shape index (κ1) is 12.1. The summed E-state index contributed by atoms with van der Waals surface area (Å²) in [6, 6.07) is 3.36. The molecule has 0 heterocycles. The van der Waals surface area contributed by atoms with Crippen LogP contribution >= 0.6 is 0 Å². The van der Waals surface area contributed by atoms with Crippen LogP contribution in [0.4, 0.5) is 0 Å². The SMILES string of the molecule is CC(C)N(C1=C(C#N)CCCC1)C(C)C. The van der Waals surface area contributed by atoms with E-state index in [1.807, 2.05) is 0 Å². The second-order valence-electron chi connectivity index (χ2n) is 4.84. The van der Waals surface area contributed by atoms with Gasteiger partial charge in [0.05, 0.1) is 6.07 Å². The topological polar surface area (TPSA) is 27.0 Å². The Balaban J connectivity index is 3.00. The molecule has 0 aromatic rings. The van der Waals surface area contributed by atoms with Gasteiger partial charge in [-0.3, -0.25) is 0 Å². The molecule has 0 atom stereocenters. The Morgan fingerprint density at radius 1 is 1.07 bits per heavy atom. The lowest BCUT2D eigenvalue weighted by molar-refractivity contribution is 0.216. The highest BCUT2D eigenvalue weighted by Crippen LogP contribution is 2.29. The van der Waals surface area contributed by atoms with Crippen molar-refractivity contribution in [2.24, 2.45) is 0 Å². The molecule has 0 saturated carbocycles. The molecule has 0 aromatic carbocycles. The minimum atomic E-state index is 0.487. The number of rotatable bonds is 3. The zero-order valence-corrected chi connectivity index (χ0v) is 10.4. The van der Waals surface area contributed by atoms with Gasteiger partial charge in [-0.1, -0.05) is 0 Å². The summed E-state index contributed by atoms with van der Waals surface area (Å²) < 4.78 is 0. The Morgan fingerprint density at radius 3 is 2.07 bits per heavy atom. The molecular weight excluding hydrogens is 184 g/mol. The van der Waals surface area contributed by atoms with Crippen LogP contribution in [0.25, 0.3) is 0 Å². The molecule has 0 bridgehead atoms. The summed E-state index contributed by atoms with van der Waals surface area (Å²) in [5, 5.41) is 9.14. The van der Waals surface area contributed by atoms with Gasteiger partial charge in [-0.2, -0.15) is 5.26 Å². The lowest BCUT2D eigenvalue weighted by atomic mass is 9.95. The van der Waals surface area contributed by atoms with Crippen LogP contribution in [-0.2, 0) is 0 Å². The monoisotopic (exact) mass is 206 g/mol. The normalized spacial score (nSPS) is 17.1. The van der Waals surface area contributed by atoms with Gasteiger partial charge in [0.2, 0.25) is 0 Å². The van der Waals surface area contributed by atoms with Crippen molar-refractivity contribution in [3.63, 3.8) is 0 Å². The van der Waals surface area contributed by atoms with Gasteiger partial charge in [0.1, 0.15) is 0 Å². The highest BCUT2D eigenvalue weighted by atomic mass is 15.2. The molecule has 0 saturated heterocycles. The van der Waals surface area contributed by atoms with E-state index < -0.39 is 0 Å². The minimum Gasteiger partial charge on any atom is -0.369 e. The Morgan fingerprint density at radius 2 is 1.60 bits per heavy atom. The number of nitriles is 1. The molecule has 1 aliphatic rings. The Kier molecular flexibility index (Phi) is 4.20. The Labute approximate surface area is 93.6 Å². The zero-order valence-electron chi connectivity index (χ0n) is 10.4. The van der Waals surface area contributed by atoms with Crippen molar-refractivity contribution < 1.29 is 0 Å². The summed E-state index contributed by atoms with van der Waals surface area (Å²) in [6.07, 6.45) is 4.47. The van der Waals surface area contributed by atoms with E-state index in [4.69, 9.17) is 5.26 Å². The maximum Gasteiger partial charge on any atom is 0.0965 e. The van der Waals surface area contributed by atoms with E-state index >= 15 is 0 Å². The molecule has 0 aromatic heterocycles. The predicted octanol–water partition coefficient (Wildman–Crippen LogP) is 3.46. The van der Waals surface area contributed by atoms with Crippen LogP contribution < -0.4 is 0 Å². The number of hydrogen-bond acceptors (Lipinski definition) is 2. The van der Waals surface area contributed by atoms with E-state index in [1.165, 1.54) is 18.5 Å². The summed E-state index contributed by atoms with van der Waals surface area (Å²) in [7, 11) is 0. The minimum absolute atomic E-state index is 0.487. The highest BCUT2D eigenvalue weighted by Gasteiger charge is 2.22. The van der Waals surface area contributed by atoms with Crippen LogP contribution in [0, 0.1) is 11.3 Å². The first-order chi connectivity index (χ1) is 7.07. The van der Waals surface area contributed by atoms with Crippen LogP contribution in [-0.4, -0.2) is 17.0 Å². The van der Waals surface area contributed by atoms with Crippen molar-refractivity contribution in [1.29, 1.82) is 5.26 Å². The first-order valence-electron chi connectivity index (χ1n) is 5.98. The molecule has 0 radical (unpaired) electrons. The van der Waals surface area contributed by atoms with Crippen LogP contribution in [0.5, 0.6) is 0 Å². The van der Waals surface area contributed by atoms with Crippen molar-refractivity contribution in [3.8, 4) is 6.07 Å². The Bertz CT molecular complexity index is 273. The largest absolute Gasteiger partial charge is 0.369 e. The lowest BCUT2D eigenvalue weighted by Crippen LogP contribution is -2.37. The maximum atomic E-state index is 9.14. The van der Waals surface area contributed by atoms with Gasteiger partial charge in [-0.25, -0.2) is 0 Å². The molecular formula is C13H22N2. The predicted molar refractivity (Wildman–Crippen MR) is 63.2 cm³/mol. The van der Waals surface area contributed by atoms with E-state index in [0.717, 1.165) is 18.4 Å². The van der Waals surface area contributed by atoms with Gasteiger partial charge in [-0.15, -0.1) is 0 Å². The van der Waals surface area contributed by atoms with Crippen molar-refractivity contribution in [2.75, 3.05) is 0 Å². The summed E-state index contributed by atoms with van der Waals surface area (Å²) in [4.78, 5) is 2.40. The zero-order chi connectivity index (χ0) is 11.4. The van der Waals surface area contributed by atoms with Gasteiger partial charge in [-0.05, 0) is 53.4 Å². The van der Waals surface area contributed by atoms with Crippen LogP contribution in [0.1, 0.15) is 53.4 Å². The lowest BCUT2D eigenvalue weighted by Gasteiger charge is -2.37. The number of allylic oxidation sites excluding steroid dienone is 2. The third-order valence-electron chi connectivity index (χ3n) is 3.00. The molecule has 2 heteroatoms. The molecule has 15 heavy (non-hydrogen) atoms. The molecule has 2 nitrogen and oxygen atoms in total. The summed E-state index contributed by atoms with van der Waals surface area (Å²) in [5.41, 5.74) is 2.32. The van der Waals surface area contributed by atoms with Gasteiger partial charge < -0.3 is 4.90 Å². The van der Waals surface area contributed by atoms with Crippen LogP contribution in [0.2, 0.25) is 0 Å². The highest BCUT2D eigenvalue weighted by molar-refractivity contribution is 5.29. The third kappa shape index (κ3) is 2.75. The van der Waals surface area contributed by atoms with Crippen LogP contribution in [0.15, 0.2) is 11.3 Å². The second kappa shape index (κ2) is 5.21. The standard InChI is InChI=1S/C13H22N2/c1-10(2)15(11(3)4)13-8-6-5-7-12(13)9-14/h10-11H,5-8H2,1-4H3. The maximum absolute atomic E-state index is 9.14. The molecule has 0 aliphatic heterocycles. The van der Waals surface area contributed by atoms with Crippen LogP contribution in [0.3, 0.4) is 0 Å². The summed E-state index contributed by atoms with van der Waals surface area (Å²) in [5.74, 6) is 0. The average Bonchev–Trinajstić information content (AvgIpc) is 2.17. The smallest absolute Gasteiger partial charge is 0.0965 e. The molecule has 0 spiro atoms. The molecule has 84 valence electrons. The average molecular weight is 206 g/mol. The fourth-order valence-corrected chi connectivity index (χ4v) is 2.51. The molecule has 0 fully saturated rings. The van der Waals surface area contributed by atoms with Gasteiger partial charge in [0.15, 0.2) is 0 Å². The number of hydrogen-bond donors (Lipinski definition) is 0. The quantitative estimate of drug-likeness (QED) is 0.707. The third-order valence-corrected chi connectivity index (χ3v) is 3.00. The molecule has 0 unspecified atom stereocenters. The van der Waals surface area contributed by atoms with Crippen molar-refractivity contribution in [1.82, 2.24) is 4.90 Å². The molecule has 0 N–H and O–H groups in total. The fourth-order valence-electron chi connectivity index (χ4n) is 2.51. The van der Waals surface area contributed by atoms with E-state index in [9.17, 15) is 0 Å². The van der Waals surface area contributed by atoms with E-state index in [-0.39, 0.29) is 0 Å². The van der Waals surface area contributed by atoms with Gasteiger partial charge in [0.25, 0.3) is 0 Å². The summed E-state index contributed by atoms with van der Waals surface area (Å²) >= 11 is 0. The second-order valence-corrected chi connectivity index (χ2v) is 4.84. The molecule has 1 aliphatic carbocycles. The molecule has 0 amide bonds. The van der Waals surface area contributed by atoms with E-state index in [2.05, 4.69) is 38.7 Å². The Hall–Kier alpha value is -0.970. The van der Waals surface area contributed by atoms with Crippen molar-refractivity contribution in [3.05, 3.63) is 11.3 Å². The first-order valence-corrected chi connectivity index (χ1v) is 5.98. The van der Waals surface area contributed by atoms with Gasteiger partial charge in [0, 0.05) is 23.4 Å². The van der Waals surface area contributed by atoms with E-state index in [0.29, 0.717) is 12.1 Å². The van der Waals surface area contributed by atoms with Crippen molar-refractivity contribution >= 4 is 0 Å². The number of nitrogens with zero attached hydrogens (tertiary/aromatic N) is 2. The fraction of sp³-hybridized carbons (Fsp3) is 0.769. The molecule has 1 rings (SSSR count).